The highest BCUT2D eigenvalue weighted by Crippen LogP contribution is 2.33. The lowest BCUT2D eigenvalue weighted by atomic mass is 9.92. The molecule has 0 saturated heterocycles. The Bertz CT molecular complexity index is 1290. The zero-order chi connectivity index (χ0) is 22.1. The smallest absolute Gasteiger partial charge is 0.326 e. The Kier molecular flexibility index (Phi) is 5.59. The van der Waals surface area contributed by atoms with Gasteiger partial charge < -0.3 is 19.6 Å². The quantitative estimate of drug-likeness (QED) is 0.478. The summed E-state index contributed by atoms with van der Waals surface area (Å²) in [6.07, 6.45) is 6.90. The number of aliphatic hydroxyl groups is 1. The molecule has 4 heterocycles. The van der Waals surface area contributed by atoms with Gasteiger partial charge in [-0.3, -0.25) is 9.55 Å². The fourth-order valence-electron chi connectivity index (χ4n) is 4.52. The van der Waals surface area contributed by atoms with Crippen molar-refractivity contribution >= 4 is 22.1 Å². The van der Waals surface area contributed by atoms with Crippen LogP contribution in [0.1, 0.15) is 31.7 Å². The molecule has 0 aliphatic heterocycles. The molecule has 1 fully saturated rings. The number of aliphatic hydroxyl groups excluding tert-OH is 1. The van der Waals surface area contributed by atoms with Crippen molar-refractivity contribution in [2.45, 2.75) is 37.8 Å². The lowest BCUT2D eigenvalue weighted by molar-refractivity contribution is 0.00171. The number of pyridine rings is 3. The number of rotatable bonds is 6. The molecule has 0 atom stereocenters. The maximum absolute atomic E-state index is 12.9. The van der Waals surface area contributed by atoms with Crippen LogP contribution in [0.25, 0.3) is 33.3 Å². The minimum Gasteiger partial charge on any atom is -0.481 e. The molecular weight excluding hydrogens is 410 g/mol. The molecule has 1 saturated carbocycles. The van der Waals surface area contributed by atoms with Gasteiger partial charge in [0.05, 0.1) is 54.9 Å². The van der Waals surface area contributed by atoms with E-state index >= 15 is 0 Å². The van der Waals surface area contributed by atoms with E-state index in [0.717, 1.165) is 48.0 Å². The van der Waals surface area contributed by atoms with Crippen molar-refractivity contribution in [2.75, 3.05) is 20.3 Å². The number of nitrogens with zero attached hydrogens (tertiary/aromatic N) is 4. The third kappa shape index (κ3) is 3.74. The molecule has 0 unspecified atom stereocenters. The molecule has 0 spiro atoms. The Labute approximate surface area is 184 Å². The Morgan fingerprint density at radius 3 is 2.69 bits per heavy atom. The highest BCUT2D eigenvalue weighted by molar-refractivity contribution is 6.00. The summed E-state index contributed by atoms with van der Waals surface area (Å²) in [4.78, 5) is 29.5. The summed E-state index contributed by atoms with van der Waals surface area (Å²) < 4.78 is 12.7. The zero-order valence-corrected chi connectivity index (χ0v) is 17.8. The molecule has 9 nitrogen and oxygen atoms in total. The van der Waals surface area contributed by atoms with Crippen molar-refractivity contribution in [1.29, 1.82) is 0 Å². The second-order valence-electron chi connectivity index (χ2n) is 8.00. The molecule has 1 aliphatic carbocycles. The Balaban J connectivity index is 1.56. The van der Waals surface area contributed by atoms with Gasteiger partial charge in [0.25, 0.3) is 0 Å². The Morgan fingerprint density at radius 2 is 1.97 bits per heavy atom. The van der Waals surface area contributed by atoms with Crippen LogP contribution in [0, 0.1) is 0 Å². The average Bonchev–Trinajstić information content (AvgIpc) is 3.19. The Hall–Kier alpha value is -3.30. The standard InChI is InChI=1S/C23H25N5O4/c1-31-20-9-2-14(12-25-20)17-7-8-18-21(26-17)22-19(13-24-18)27-23(30)28(22)15-3-5-16(6-4-15)32-11-10-29/h2,7-9,12-13,15-16,29H,3-6,10-11H2,1H3,(H,27,30). The molecule has 2 N–H and O–H groups in total. The van der Waals surface area contributed by atoms with Gasteiger partial charge in [0.1, 0.15) is 5.52 Å². The molecule has 9 heteroatoms. The SMILES string of the molecule is COc1ccc(-c2ccc3ncc4[nH]c(=O)n(C5CCC(OCCO)CC5)c4c3n2)cn1. The molecule has 1 aliphatic rings. The average molecular weight is 435 g/mol. The monoisotopic (exact) mass is 435 g/mol. The van der Waals surface area contributed by atoms with Crippen LogP contribution in [0.15, 0.2) is 41.5 Å². The fraction of sp³-hybridized carbons (Fsp3) is 0.391. The number of aromatic nitrogens is 5. The molecule has 166 valence electrons. The maximum Gasteiger partial charge on any atom is 0.326 e. The van der Waals surface area contributed by atoms with Crippen LogP contribution >= 0.6 is 0 Å². The van der Waals surface area contributed by atoms with E-state index in [-0.39, 0.29) is 24.4 Å². The molecule has 4 aromatic heterocycles. The van der Waals surface area contributed by atoms with Gasteiger partial charge >= 0.3 is 5.69 Å². The van der Waals surface area contributed by atoms with Crippen LogP contribution in [0.5, 0.6) is 5.88 Å². The van der Waals surface area contributed by atoms with E-state index in [1.807, 2.05) is 22.8 Å². The van der Waals surface area contributed by atoms with E-state index in [2.05, 4.69) is 15.0 Å². The van der Waals surface area contributed by atoms with Crippen molar-refractivity contribution in [2.24, 2.45) is 0 Å². The summed E-state index contributed by atoms with van der Waals surface area (Å²) in [5, 5.41) is 8.99. The van der Waals surface area contributed by atoms with Gasteiger partial charge in [0, 0.05) is 23.9 Å². The van der Waals surface area contributed by atoms with Crippen LogP contribution in [0.4, 0.5) is 0 Å². The lowest BCUT2D eigenvalue weighted by Gasteiger charge is -2.29. The second-order valence-corrected chi connectivity index (χ2v) is 8.00. The molecule has 5 rings (SSSR count). The van der Waals surface area contributed by atoms with E-state index in [0.29, 0.717) is 23.5 Å². The first-order valence-corrected chi connectivity index (χ1v) is 10.8. The first-order valence-electron chi connectivity index (χ1n) is 10.8. The molecular formula is C23H25N5O4. The molecule has 32 heavy (non-hydrogen) atoms. The van der Waals surface area contributed by atoms with E-state index in [1.165, 1.54) is 0 Å². The number of methoxy groups -OCH3 is 1. The summed E-state index contributed by atoms with van der Waals surface area (Å²) in [5.74, 6) is 0.539. The molecule has 0 bridgehead atoms. The van der Waals surface area contributed by atoms with Crippen LogP contribution in [0.2, 0.25) is 0 Å². The van der Waals surface area contributed by atoms with Crippen molar-refractivity contribution in [3.8, 4) is 17.1 Å². The number of ether oxygens (including phenoxy) is 2. The van der Waals surface area contributed by atoms with Crippen LogP contribution in [-0.2, 0) is 4.74 Å². The predicted molar refractivity (Wildman–Crippen MR) is 120 cm³/mol. The summed E-state index contributed by atoms with van der Waals surface area (Å²) in [5.41, 5.74) is 4.34. The normalized spacial score (nSPS) is 18.9. The van der Waals surface area contributed by atoms with Gasteiger partial charge in [-0.1, -0.05) is 0 Å². The summed E-state index contributed by atoms with van der Waals surface area (Å²) in [7, 11) is 1.58. The Morgan fingerprint density at radius 1 is 1.12 bits per heavy atom. The number of H-pyrrole nitrogens is 1. The van der Waals surface area contributed by atoms with Gasteiger partial charge in [-0.2, -0.15) is 0 Å². The minimum atomic E-state index is -0.146. The largest absolute Gasteiger partial charge is 0.481 e. The number of hydrogen-bond acceptors (Lipinski definition) is 7. The number of aromatic amines is 1. The molecule has 0 radical (unpaired) electrons. The van der Waals surface area contributed by atoms with Gasteiger partial charge in [-0.25, -0.2) is 14.8 Å². The number of hydrogen-bond donors (Lipinski definition) is 2. The van der Waals surface area contributed by atoms with Crippen molar-refractivity contribution in [1.82, 2.24) is 24.5 Å². The molecule has 0 amide bonds. The van der Waals surface area contributed by atoms with Crippen molar-refractivity contribution in [3.63, 3.8) is 0 Å². The number of nitrogens with one attached hydrogen (secondary N) is 1. The second kappa shape index (κ2) is 8.68. The maximum atomic E-state index is 12.9. The number of fused-ring (bicyclic) bond motifs is 3. The van der Waals surface area contributed by atoms with E-state index in [1.54, 1.807) is 25.6 Å². The predicted octanol–water partition coefficient (Wildman–Crippen LogP) is 2.84. The van der Waals surface area contributed by atoms with Crippen molar-refractivity contribution < 1.29 is 14.6 Å². The summed E-state index contributed by atoms with van der Waals surface area (Å²) in [6.45, 7) is 0.379. The van der Waals surface area contributed by atoms with Crippen LogP contribution in [-0.4, -0.2) is 56.0 Å². The highest BCUT2D eigenvalue weighted by Gasteiger charge is 2.26. The summed E-state index contributed by atoms with van der Waals surface area (Å²) in [6, 6.07) is 7.59. The van der Waals surface area contributed by atoms with E-state index in [4.69, 9.17) is 19.6 Å². The first-order chi connectivity index (χ1) is 15.7. The first kappa shape index (κ1) is 20.6. The van der Waals surface area contributed by atoms with E-state index < -0.39 is 0 Å². The van der Waals surface area contributed by atoms with Crippen LogP contribution < -0.4 is 10.4 Å². The summed E-state index contributed by atoms with van der Waals surface area (Å²) >= 11 is 0. The fourth-order valence-corrected chi connectivity index (χ4v) is 4.52. The third-order valence-electron chi connectivity index (χ3n) is 6.08. The minimum absolute atomic E-state index is 0.0263. The molecule has 4 aromatic rings. The number of imidazole rings is 1. The molecule has 0 aromatic carbocycles. The lowest BCUT2D eigenvalue weighted by Crippen LogP contribution is -2.29. The highest BCUT2D eigenvalue weighted by atomic mass is 16.5. The van der Waals surface area contributed by atoms with Gasteiger partial charge in [0.15, 0.2) is 0 Å². The van der Waals surface area contributed by atoms with Gasteiger partial charge in [0.2, 0.25) is 5.88 Å². The van der Waals surface area contributed by atoms with E-state index in [9.17, 15) is 4.79 Å². The van der Waals surface area contributed by atoms with Crippen molar-refractivity contribution in [3.05, 3.63) is 47.1 Å². The van der Waals surface area contributed by atoms with Crippen LogP contribution in [0.3, 0.4) is 0 Å². The van der Waals surface area contributed by atoms with Gasteiger partial charge in [-0.15, -0.1) is 0 Å². The topological polar surface area (TPSA) is 115 Å². The third-order valence-corrected chi connectivity index (χ3v) is 6.08. The van der Waals surface area contributed by atoms with Gasteiger partial charge in [-0.05, 0) is 43.9 Å². The zero-order valence-electron chi connectivity index (χ0n) is 17.8.